The molecule has 1 aliphatic heterocycles. The first kappa shape index (κ1) is 16.7. The van der Waals surface area contributed by atoms with Crippen molar-refractivity contribution in [1.29, 1.82) is 0 Å². The number of hydrazine groups is 1. The molecule has 0 bridgehead atoms. The number of benzene rings is 2. The van der Waals surface area contributed by atoms with Crippen LogP contribution in [-0.4, -0.2) is 32.2 Å². The van der Waals surface area contributed by atoms with Crippen molar-refractivity contribution in [2.45, 2.75) is 11.4 Å². The summed E-state index contributed by atoms with van der Waals surface area (Å²) in [5.74, 6) is -1.46. The number of phenols is 1. The van der Waals surface area contributed by atoms with E-state index in [0.29, 0.717) is 5.56 Å². The van der Waals surface area contributed by atoms with Crippen molar-refractivity contribution in [3.05, 3.63) is 69.8 Å². The SMILES string of the molecule is O=C(NN1C(=O)[C@H](Cl)[C@@H]1c1cccc([N+](=O)[O-])c1)c1ccccc1O. The van der Waals surface area contributed by atoms with E-state index in [0.717, 1.165) is 5.01 Å². The Hall–Kier alpha value is -3.13. The molecule has 0 saturated carbocycles. The summed E-state index contributed by atoms with van der Waals surface area (Å²) in [5, 5.41) is 20.7. The highest BCUT2D eigenvalue weighted by molar-refractivity contribution is 6.33. The van der Waals surface area contributed by atoms with Crippen LogP contribution in [0.1, 0.15) is 22.0 Å². The normalized spacial score (nSPS) is 19.2. The molecule has 2 aromatic rings. The number of hydrogen-bond donors (Lipinski definition) is 2. The zero-order valence-corrected chi connectivity index (χ0v) is 13.4. The minimum atomic E-state index is -0.952. The summed E-state index contributed by atoms with van der Waals surface area (Å²) in [4.78, 5) is 34.6. The van der Waals surface area contributed by atoms with Crippen LogP contribution in [0.25, 0.3) is 0 Å². The molecule has 0 spiro atoms. The lowest BCUT2D eigenvalue weighted by molar-refractivity contribution is -0.385. The van der Waals surface area contributed by atoms with Gasteiger partial charge >= 0.3 is 0 Å². The summed E-state index contributed by atoms with van der Waals surface area (Å²) in [6.07, 6.45) is 0. The zero-order chi connectivity index (χ0) is 18.1. The number of nitro groups is 1. The number of rotatable bonds is 4. The molecule has 1 aliphatic rings. The molecule has 128 valence electrons. The number of aromatic hydroxyl groups is 1. The highest BCUT2D eigenvalue weighted by Crippen LogP contribution is 2.38. The van der Waals surface area contributed by atoms with Gasteiger partial charge in [0.15, 0.2) is 0 Å². The standard InChI is InChI=1S/C16H12ClN3O5/c17-13-14(9-4-3-5-10(8-9)20(24)25)19(16(13)23)18-15(22)11-6-1-2-7-12(11)21/h1-8,13-14,21H,(H,18,22)/t13-,14+/m1/s1. The molecule has 25 heavy (non-hydrogen) atoms. The predicted octanol–water partition coefficient (Wildman–Crippen LogP) is 2.14. The lowest BCUT2D eigenvalue weighted by Crippen LogP contribution is -2.63. The molecule has 9 heteroatoms. The van der Waals surface area contributed by atoms with Crippen LogP contribution in [0.15, 0.2) is 48.5 Å². The van der Waals surface area contributed by atoms with Crippen molar-refractivity contribution in [3.8, 4) is 5.75 Å². The quantitative estimate of drug-likeness (QED) is 0.375. The number of carbonyl (C=O) groups excluding carboxylic acids is 2. The predicted molar refractivity (Wildman–Crippen MR) is 87.9 cm³/mol. The molecule has 1 heterocycles. The molecule has 0 unspecified atom stereocenters. The summed E-state index contributed by atoms with van der Waals surface area (Å²) in [7, 11) is 0. The number of halogens is 1. The fourth-order valence-corrected chi connectivity index (χ4v) is 2.92. The Kier molecular flexibility index (Phi) is 4.28. The monoisotopic (exact) mass is 361 g/mol. The van der Waals surface area contributed by atoms with Crippen molar-refractivity contribution in [2.24, 2.45) is 0 Å². The van der Waals surface area contributed by atoms with Crippen LogP contribution in [0.2, 0.25) is 0 Å². The van der Waals surface area contributed by atoms with Crippen LogP contribution in [0, 0.1) is 10.1 Å². The number of β-lactam (4-membered cyclic amide) rings is 1. The molecule has 2 amide bonds. The van der Waals surface area contributed by atoms with E-state index in [2.05, 4.69) is 5.43 Å². The van der Waals surface area contributed by atoms with E-state index >= 15 is 0 Å². The van der Waals surface area contributed by atoms with Crippen LogP contribution >= 0.6 is 11.6 Å². The van der Waals surface area contributed by atoms with Crippen LogP contribution in [0.3, 0.4) is 0 Å². The maximum absolute atomic E-state index is 12.3. The van der Waals surface area contributed by atoms with Crippen molar-refractivity contribution in [2.75, 3.05) is 0 Å². The smallest absolute Gasteiger partial charge is 0.273 e. The van der Waals surface area contributed by atoms with E-state index in [1.54, 1.807) is 18.2 Å². The van der Waals surface area contributed by atoms with Gasteiger partial charge in [0.2, 0.25) is 0 Å². The van der Waals surface area contributed by atoms with Crippen LogP contribution in [-0.2, 0) is 4.79 Å². The number of para-hydroxylation sites is 1. The first-order chi connectivity index (χ1) is 11.9. The molecule has 0 aromatic heterocycles. The molecule has 8 nitrogen and oxygen atoms in total. The molecule has 1 saturated heterocycles. The topological polar surface area (TPSA) is 113 Å². The van der Waals surface area contributed by atoms with Crippen molar-refractivity contribution >= 4 is 29.1 Å². The van der Waals surface area contributed by atoms with E-state index in [1.165, 1.54) is 30.3 Å². The van der Waals surface area contributed by atoms with Crippen molar-refractivity contribution in [1.82, 2.24) is 10.4 Å². The summed E-state index contributed by atoms with van der Waals surface area (Å²) < 4.78 is 0. The second kappa shape index (κ2) is 6.40. The van der Waals surface area contributed by atoms with E-state index < -0.39 is 28.2 Å². The zero-order valence-electron chi connectivity index (χ0n) is 12.6. The maximum atomic E-state index is 12.3. The van der Waals surface area contributed by atoms with Gasteiger partial charge in [-0.25, -0.2) is 5.01 Å². The molecule has 2 N–H and O–H groups in total. The maximum Gasteiger partial charge on any atom is 0.273 e. The second-order valence-corrected chi connectivity index (χ2v) is 5.84. The summed E-state index contributed by atoms with van der Waals surface area (Å²) in [6.45, 7) is 0. The van der Waals surface area contributed by atoms with Gasteiger partial charge in [0.25, 0.3) is 17.5 Å². The Morgan fingerprint density at radius 2 is 1.96 bits per heavy atom. The van der Waals surface area contributed by atoms with Crippen molar-refractivity contribution in [3.63, 3.8) is 0 Å². The van der Waals surface area contributed by atoms with Gasteiger partial charge in [-0.05, 0) is 17.7 Å². The third-order valence-electron chi connectivity index (χ3n) is 3.82. The number of nitrogens with zero attached hydrogens (tertiary/aromatic N) is 2. The lowest BCUT2D eigenvalue weighted by atomic mass is 9.95. The Bertz CT molecular complexity index is 872. The fourth-order valence-electron chi connectivity index (χ4n) is 2.55. The van der Waals surface area contributed by atoms with Crippen LogP contribution in [0.5, 0.6) is 5.75 Å². The number of carbonyl (C=O) groups is 2. The van der Waals surface area contributed by atoms with E-state index in [4.69, 9.17) is 11.6 Å². The van der Waals surface area contributed by atoms with Gasteiger partial charge in [-0.3, -0.25) is 25.1 Å². The molecule has 1 fully saturated rings. The third-order valence-corrected chi connectivity index (χ3v) is 4.25. The molecule has 3 rings (SSSR count). The van der Waals surface area contributed by atoms with Gasteiger partial charge < -0.3 is 5.11 Å². The minimum Gasteiger partial charge on any atom is -0.507 e. The van der Waals surface area contributed by atoms with E-state index in [1.807, 2.05) is 0 Å². The second-order valence-electron chi connectivity index (χ2n) is 5.37. The van der Waals surface area contributed by atoms with Crippen molar-refractivity contribution < 1.29 is 19.6 Å². The average Bonchev–Trinajstić information content (AvgIpc) is 2.61. The van der Waals surface area contributed by atoms with Gasteiger partial charge in [-0.2, -0.15) is 0 Å². The Balaban J connectivity index is 1.85. The van der Waals surface area contributed by atoms with E-state index in [-0.39, 0.29) is 17.0 Å². The first-order valence-corrected chi connectivity index (χ1v) is 7.64. The molecular formula is C16H12ClN3O5. The largest absolute Gasteiger partial charge is 0.507 e. The number of nitro benzene ring substituents is 1. The van der Waals surface area contributed by atoms with E-state index in [9.17, 15) is 24.8 Å². The molecule has 2 atom stereocenters. The van der Waals surface area contributed by atoms with Crippen LogP contribution in [0.4, 0.5) is 5.69 Å². The Labute approximate surface area is 146 Å². The number of amides is 2. The highest BCUT2D eigenvalue weighted by Gasteiger charge is 2.48. The fraction of sp³-hybridized carbons (Fsp3) is 0.125. The summed E-state index contributed by atoms with van der Waals surface area (Å²) in [5.41, 5.74) is 2.65. The molecule has 0 radical (unpaired) electrons. The van der Waals surface area contributed by atoms with Crippen LogP contribution < -0.4 is 5.43 Å². The summed E-state index contributed by atoms with van der Waals surface area (Å²) in [6, 6.07) is 10.8. The number of phenolic OH excluding ortho intramolecular Hbond substituents is 1. The third kappa shape index (κ3) is 2.99. The first-order valence-electron chi connectivity index (χ1n) is 7.20. The molecule has 0 aliphatic carbocycles. The number of hydrogen-bond acceptors (Lipinski definition) is 5. The van der Waals surface area contributed by atoms with Gasteiger partial charge in [0, 0.05) is 12.1 Å². The number of alkyl halides is 1. The van der Waals surface area contributed by atoms with Gasteiger partial charge in [0.05, 0.1) is 10.5 Å². The van der Waals surface area contributed by atoms with Gasteiger partial charge in [-0.1, -0.05) is 24.3 Å². The highest BCUT2D eigenvalue weighted by atomic mass is 35.5. The van der Waals surface area contributed by atoms with Gasteiger partial charge in [0.1, 0.15) is 17.2 Å². The van der Waals surface area contributed by atoms with Gasteiger partial charge in [-0.15, -0.1) is 11.6 Å². The Morgan fingerprint density at radius 3 is 2.64 bits per heavy atom. The minimum absolute atomic E-state index is 0.00823. The molecular weight excluding hydrogens is 350 g/mol. The molecule has 2 aromatic carbocycles. The number of non-ortho nitro benzene ring substituents is 1. The number of nitrogens with one attached hydrogen (secondary N) is 1. The Morgan fingerprint density at radius 1 is 1.24 bits per heavy atom. The summed E-state index contributed by atoms with van der Waals surface area (Å²) >= 11 is 6.03. The lowest BCUT2D eigenvalue weighted by Gasteiger charge is -2.43. The average molecular weight is 362 g/mol.